The molecule has 0 atom stereocenters. The molecule has 0 aliphatic carbocycles. The van der Waals surface area contributed by atoms with Crippen LogP contribution in [0.4, 0.5) is 11.6 Å². The summed E-state index contributed by atoms with van der Waals surface area (Å²) in [6, 6.07) is 0. The number of nitrogens with zero attached hydrogens (tertiary/aromatic N) is 5. The second kappa shape index (κ2) is 5.58. The molecule has 122 valence electrons. The summed E-state index contributed by atoms with van der Waals surface area (Å²) in [6.07, 6.45) is 3.50. The Hall–Kier alpha value is -3.54. The molecule has 0 aromatic carbocycles. The zero-order valence-corrected chi connectivity index (χ0v) is 12.3. The van der Waals surface area contributed by atoms with Gasteiger partial charge in [0, 0.05) is 0 Å². The lowest BCUT2D eigenvalue weighted by molar-refractivity contribution is -0.386. The third-order valence-corrected chi connectivity index (χ3v) is 3.30. The number of fused-ring (bicyclic) bond motifs is 1. The Bertz CT molecular complexity index is 1110. The highest BCUT2D eigenvalue weighted by molar-refractivity contribution is 6.31. The Balaban J connectivity index is 2.26. The summed E-state index contributed by atoms with van der Waals surface area (Å²) in [7, 11) is 0. The third-order valence-electron chi connectivity index (χ3n) is 3.01. The second-order valence-corrected chi connectivity index (χ2v) is 4.83. The van der Waals surface area contributed by atoms with Gasteiger partial charge >= 0.3 is 11.2 Å². The number of aromatic amines is 2. The number of rotatable bonds is 3. The molecule has 0 saturated carbocycles. The number of aromatic nitrogens is 6. The number of hydrogen-bond acceptors (Lipinski definition) is 8. The molecule has 3 heterocycles. The first-order chi connectivity index (χ1) is 11.4. The molecule has 0 aliphatic rings. The fourth-order valence-electron chi connectivity index (χ4n) is 2.01. The van der Waals surface area contributed by atoms with Crippen molar-refractivity contribution >= 4 is 41.0 Å². The van der Waals surface area contributed by atoms with Crippen LogP contribution >= 0.6 is 11.6 Å². The second-order valence-electron chi connectivity index (χ2n) is 4.47. The number of hydrogen-bond donors (Lipinski definition) is 3. The standard InChI is InChI=1S/C11H7ClN8O4/c12-7-5(9(21)16-11(13)15-7)2-1-4-6(20(23)24)10(22)18-19-3-14-17-8(4)19/h1-3H,(H,18,22)(H3,13,15,16,21)/b2-1+. The van der Waals surface area contributed by atoms with E-state index < -0.39 is 21.7 Å². The molecule has 12 nitrogen and oxygen atoms in total. The van der Waals surface area contributed by atoms with Crippen LogP contribution in [0.5, 0.6) is 0 Å². The Labute approximate surface area is 135 Å². The molecule has 0 spiro atoms. The molecule has 13 heteroatoms. The minimum atomic E-state index is -0.956. The molecule has 3 rings (SSSR count). The summed E-state index contributed by atoms with van der Waals surface area (Å²) in [6.45, 7) is 0. The lowest BCUT2D eigenvalue weighted by Crippen LogP contribution is -2.17. The maximum Gasteiger partial charge on any atom is 0.346 e. The van der Waals surface area contributed by atoms with Crippen LogP contribution in [-0.2, 0) is 0 Å². The molecule has 3 aromatic rings. The minimum absolute atomic E-state index is 0.0218. The average molecular weight is 351 g/mol. The van der Waals surface area contributed by atoms with E-state index in [4.69, 9.17) is 17.3 Å². The number of halogens is 1. The van der Waals surface area contributed by atoms with E-state index in [2.05, 4.69) is 25.3 Å². The number of nitrogens with two attached hydrogens (primary N) is 1. The van der Waals surface area contributed by atoms with Gasteiger partial charge in [0.1, 0.15) is 17.0 Å². The lowest BCUT2D eigenvalue weighted by Gasteiger charge is -2.00. The van der Waals surface area contributed by atoms with Gasteiger partial charge in [0.2, 0.25) is 5.95 Å². The van der Waals surface area contributed by atoms with Crippen molar-refractivity contribution in [3.05, 3.63) is 53.4 Å². The molecule has 0 aliphatic heterocycles. The zero-order valence-electron chi connectivity index (χ0n) is 11.6. The summed E-state index contributed by atoms with van der Waals surface area (Å²) in [5.74, 6) is -0.177. The molecule has 4 N–H and O–H groups in total. The average Bonchev–Trinajstić information content (AvgIpc) is 2.93. The lowest BCUT2D eigenvalue weighted by atomic mass is 10.2. The molecular weight excluding hydrogens is 344 g/mol. The van der Waals surface area contributed by atoms with Gasteiger partial charge in [0.15, 0.2) is 5.65 Å². The predicted octanol–water partition coefficient (Wildman–Crippen LogP) is -0.185. The van der Waals surface area contributed by atoms with Crippen molar-refractivity contribution in [2.45, 2.75) is 0 Å². The highest BCUT2D eigenvalue weighted by Gasteiger charge is 2.22. The Morgan fingerprint density at radius 3 is 2.67 bits per heavy atom. The Morgan fingerprint density at radius 2 is 2.00 bits per heavy atom. The van der Waals surface area contributed by atoms with Crippen molar-refractivity contribution in [1.82, 2.24) is 29.8 Å². The minimum Gasteiger partial charge on any atom is -0.369 e. The molecule has 0 radical (unpaired) electrons. The molecule has 24 heavy (non-hydrogen) atoms. The predicted molar refractivity (Wildman–Crippen MR) is 83.5 cm³/mol. The van der Waals surface area contributed by atoms with Crippen LogP contribution in [0, 0.1) is 10.1 Å². The van der Waals surface area contributed by atoms with E-state index in [1.165, 1.54) is 12.4 Å². The van der Waals surface area contributed by atoms with E-state index >= 15 is 0 Å². The first kappa shape index (κ1) is 15.4. The normalized spacial score (nSPS) is 11.4. The molecule has 0 unspecified atom stereocenters. The van der Waals surface area contributed by atoms with Gasteiger partial charge in [-0.3, -0.25) is 29.8 Å². The molecule has 0 fully saturated rings. The fraction of sp³-hybridized carbons (Fsp3) is 0. The maximum absolute atomic E-state index is 11.9. The van der Waals surface area contributed by atoms with Gasteiger partial charge in [-0.25, -0.2) is 9.50 Å². The molecule has 0 saturated heterocycles. The van der Waals surface area contributed by atoms with E-state index in [-0.39, 0.29) is 27.9 Å². The van der Waals surface area contributed by atoms with E-state index in [9.17, 15) is 19.7 Å². The maximum atomic E-state index is 11.9. The van der Waals surface area contributed by atoms with Gasteiger partial charge in [0.25, 0.3) is 5.56 Å². The number of nitro groups is 1. The van der Waals surface area contributed by atoms with Crippen LogP contribution in [0.15, 0.2) is 15.9 Å². The number of nitrogens with one attached hydrogen (secondary N) is 2. The van der Waals surface area contributed by atoms with Crippen molar-refractivity contribution in [2.75, 3.05) is 5.73 Å². The van der Waals surface area contributed by atoms with Crippen LogP contribution in [0.25, 0.3) is 17.8 Å². The van der Waals surface area contributed by atoms with Crippen molar-refractivity contribution in [3.63, 3.8) is 0 Å². The number of H-pyrrole nitrogens is 2. The molecule has 3 aromatic heterocycles. The van der Waals surface area contributed by atoms with Gasteiger partial charge in [0.05, 0.1) is 10.5 Å². The van der Waals surface area contributed by atoms with Crippen LogP contribution in [0.2, 0.25) is 5.15 Å². The van der Waals surface area contributed by atoms with Crippen molar-refractivity contribution in [1.29, 1.82) is 0 Å². The largest absolute Gasteiger partial charge is 0.369 e. The van der Waals surface area contributed by atoms with Gasteiger partial charge in [-0.1, -0.05) is 11.6 Å². The highest BCUT2D eigenvalue weighted by atomic mass is 35.5. The van der Waals surface area contributed by atoms with E-state index in [0.717, 1.165) is 10.6 Å². The third kappa shape index (κ3) is 2.50. The quantitative estimate of drug-likeness (QED) is 0.330. The van der Waals surface area contributed by atoms with Crippen molar-refractivity contribution in [3.8, 4) is 0 Å². The summed E-state index contributed by atoms with van der Waals surface area (Å²) < 4.78 is 1.11. The Kier molecular flexibility index (Phi) is 3.57. The van der Waals surface area contributed by atoms with E-state index in [1.807, 2.05) is 0 Å². The number of anilines is 1. The molecule has 0 bridgehead atoms. The summed E-state index contributed by atoms with van der Waals surface area (Å²) in [4.78, 5) is 39.9. The van der Waals surface area contributed by atoms with Crippen LogP contribution in [0.3, 0.4) is 0 Å². The first-order valence-electron chi connectivity index (χ1n) is 6.22. The first-order valence-corrected chi connectivity index (χ1v) is 6.60. The van der Waals surface area contributed by atoms with Gasteiger partial charge in [-0.15, -0.1) is 10.2 Å². The number of nitrogen functional groups attached to an aromatic ring is 1. The summed E-state index contributed by atoms with van der Waals surface area (Å²) in [5.41, 5.74) is 2.79. The highest BCUT2D eigenvalue weighted by Crippen LogP contribution is 2.20. The topological polar surface area (TPSA) is 178 Å². The SMILES string of the molecule is Nc1nc(Cl)c(/C=C/c2c([N+](=O)[O-])c(=O)[nH]n3cnnc23)c(=O)[nH]1. The smallest absolute Gasteiger partial charge is 0.346 e. The van der Waals surface area contributed by atoms with Gasteiger partial charge < -0.3 is 5.73 Å². The summed E-state index contributed by atoms with van der Waals surface area (Å²) in [5, 5.41) is 20.5. The van der Waals surface area contributed by atoms with E-state index in [1.54, 1.807) is 0 Å². The monoisotopic (exact) mass is 350 g/mol. The van der Waals surface area contributed by atoms with Crippen LogP contribution in [0.1, 0.15) is 11.1 Å². The summed E-state index contributed by atoms with van der Waals surface area (Å²) >= 11 is 5.83. The Morgan fingerprint density at radius 1 is 1.29 bits per heavy atom. The van der Waals surface area contributed by atoms with Crippen LogP contribution < -0.4 is 16.9 Å². The van der Waals surface area contributed by atoms with Crippen LogP contribution in [-0.4, -0.2) is 34.7 Å². The van der Waals surface area contributed by atoms with E-state index in [0.29, 0.717) is 0 Å². The van der Waals surface area contributed by atoms with Gasteiger partial charge in [-0.2, -0.15) is 0 Å². The molecular formula is C11H7ClN8O4. The van der Waals surface area contributed by atoms with Gasteiger partial charge in [-0.05, 0) is 12.2 Å². The fourth-order valence-corrected chi connectivity index (χ4v) is 2.25. The van der Waals surface area contributed by atoms with Crippen molar-refractivity contribution < 1.29 is 4.92 Å². The van der Waals surface area contributed by atoms with Crippen molar-refractivity contribution in [2.24, 2.45) is 0 Å². The molecule has 0 amide bonds. The zero-order chi connectivity index (χ0) is 17.4.